The third kappa shape index (κ3) is 0.949. The number of carboxylic acids is 1. The van der Waals surface area contributed by atoms with Gasteiger partial charge in [-0.05, 0) is 25.9 Å². The topological polar surface area (TPSA) is 52.6 Å². The summed E-state index contributed by atoms with van der Waals surface area (Å²) in [6, 6.07) is 0. The molecule has 4 heteroatoms. The Morgan fingerprint density at radius 3 is 2.25 bits per heavy atom. The molecule has 0 spiro atoms. The van der Waals surface area contributed by atoms with E-state index in [-0.39, 0.29) is 0 Å². The molecule has 0 radical (unpaired) electrons. The van der Waals surface area contributed by atoms with Crippen molar-refractivity contribution in [3.05, 3.63) is 0 Å². The first-order valence-electron chi connectivity index (χ1n) is 4.45. The van der Waals surface area contributed by atoms with E-state index in [2.05, 4.69) is 10.2 Å². The first-order valence-corrected chi connectivity index (χ1v) is 4.45. The second-order valence-corrected chi connectivity index (χ2v) is 3.63. The normalized spacial score (nSPS) is 28.3. The van der Waals surface area contributed by atoms with Crippen LogP contribution >= 0.6 is 0 Å². The molecule has 0 aromatic rings. The van der Waals surface area contributed by atoms with Gasteiger partial charge in [-0.25, -0.2) is 0 Å². The molecule has 0 aliphatic carbocycles. The fourth-order valence-electron chi connectivity index (χ4n) is 2.02. The van der Waals surface area contributed by atoms with Gasteiger partial charge < -0.3 is 10.4 Å². The number of hydrogen-bond acceptors (Lipinski definition) is 3. The summed E-state index contributed by atoms with van der Waals surface area (Å²) in [4.78, 5) is 13.1. The molecule has 2 rings (SSSR count). The van der Waals surface area contributed by atoms with Crippen molar-refractivity contribution in [2.24, 2.45) is 0 Å². The lowest BCUT2D eigenvalue weighted by Crippen LogP contribution is -2.72. The SMILES string of the molecule is O=C(O)C1(N2CCCC2)CNC1. The summed E-state index contributed by atoms with van der Waals surface area (Å²) in [5.74, 6) is -0.664. The molecule has 2 saturated heterocycles. The van der Waals surface area contributed by atoms with Crippen LogP contribution < -0.4 is 5.32 Å². The molecule has 0 amide bonds. The fraction of sp³-hybridized carbons (Fsp3) is 0.875. The third-order valence-corrected chi connectivity index (χ3v) is 2.94. The molecule has 4 nitrogen and oxygen atoms in total. The van der Waals surface area contributed by atoms with Crippen LogP contribution in [0.5, 0.6) is 0 Å². The first-order chi connectivity index (χ1) is 5.76. The molecule has 12 heavy (non-hydrogen) atoms. The molecule has 0 aromatic heterocycles. The predicted molar refractivity (Wildman–Crippen MR) is 44.0 cm³/mol. The van der Waals surface area contributed by atoms with Gasteiger partial charge in [-0.2, -0.15) is 0 Å². The molecule has 0 bridgehead atoms. The van der Waals surface area contributed by atoms with E-state index in [1.54, 1.807) is 0 Å². The van der Waals surface area contributed by atoms with Crippen LogP contribution in [0.3, 0.4) is 0 Å². The summed E-state index contributed by atoms with van der Waals surface area (Å²) in [5.41, 5.74) is -0.559. The Bertz CT molecular complexity index is 195. The molecule has 2 aliphatic rings. The van der Waals surface area contributed by atoms with Gasteiger partial charge in [-0.1, -0.05) is 0 Å². The minimum atomic E-state index is -0.664. The van der Waals surface area contributed by atoms with Crippen LogP contribution in [0.4, 0.5) is 0 Å². The van der Waals surface area contributed by atoms with Crippen molar-refractivity contribution in [2.75, 3.05) is 26.2 Å². The van der Waals surface area contributed by atoms with Gasteiger partial charge in [-0.15, -0.1) is 0 Å². The average molecular weight is 170 g/mol. The first kappa shape index (κ1) is 8.01. The molecule has 2 fully saturated rings. The zero-order valence-corrected chi connectivity index (χ0v) is 7.05. The number of aliphatic carboxylic acids is 1. The number of carboxylic acid groups (broad SMARTS) is 1. The lowest BCUT2D eigenvalue weighted by atomic mass is 9.91. The molecular formula is C8H14N2O2. The molecule has 2 aliphatic heterocycles. The fourth-order valence-corrected chi connectivity index (χ4v) is 2.02. The highest BCUT2D eigenvalue weighted by Crippen LogP contribution is 2.25. The van der Waals surface area contributed by atoms with Crippen LogP contribution in [-0.4, -0.2) is 47.7 Å². The van der Waals surface area contributed by atoms with Crippen LogP contribution in [0.2, 0.25) is 0 Å². The van der Waals surface area contributed by atoms with Crippen molar-refractivity contribution in [1.29, 1.82) is 0 Å². The van der Waals surface area contributed by atoms with Gasteiger partial charge in [0, 0.05) is 13.1 Å². The predicted octanol–water partition coefficient (Wildman–Crippen LogP) is -0.491. The van der Waals surface area contributed by atoms with Gasteiger partial charge in [0.2, 0.25) is 0 Å². The Balaban J connectivity index is 2.10. The number of nitrogens with zero attached hydrogens (tertiary/aromatic N) is 1. The molecule has 68 valence electrons. The van der Waals surface area contributed by atoms with E-state index in [1.165, 1.54) is 0 Å². The van der Waals surface area contributed by atoms with E-state index in [0.29, 0.717) is 13.1 Å². The number of carbonyl (C=O) groups is 1. The van der Waals surface area contributed by atoms with Gasteiger partial charge >= 0.3 is 5.97 Å². The highest BCUT2D eigenvalue weighted by molar-refractivity contribution is 5.81. The Labute approximate surface area is 71.5 Å². The standard InChI is InChI=1S/C8H14N2O2/c11-7(12)8(5-9-6-8)10-3-1-2-4-10/h9H,1-6H2,(H,11,12). The van der Waals surface area contributed by atoms with Crippen molar-refractivity contribution in [3.8, 4) is 0 Å². The van der Waals surface area contributed by atoms with Crippen LogP contribution in [0, 0.1) is 0 Å². The number of hydrogen-bond donors (Lipinski definition) is 2. The third-order valence-electron chi connectivity index (χ3n) is 2.94. The lowest BCUT2D eigenvalue weighted by molar-refractivity contribution is -0.154. The molecule has 2 heterocycles. The minimum Gasteiger partial charge on any atom is -0.480 e. The maximum Gasteiger partial charge on any atom is 0.326 e. The molecule has 0 aromatic carbocycles. The van der Waals surface area contributed by atoms with Crippen molar-refractivity contribution < 1.29 is 9.90 Å². The van der Waals surface area contributed by atoms with Crippen molar-refractivity contribution >= 4 is 5.97 Å². The zero-order valence-electron chi connectivity index (χ0n) is 7.05. The summed E-state index contributed by atoms with van der Waals surface area (Å²) in [6.45, 7) is 3.13. The maximum atomic E-state index is 11.0. The van der Waals surface area contributed by atoms with E-state index in [4.69, 9.17) is 5.11 Å². The van der Waals surface area contributed by atoms with Gasteiger partial charge in [0.1, 0.15) is 5.54 Å². The van der Waals surface area contributed by atoms with Gasteiger partial charge in [0.25, 0.3) is 0 Å². The van der Waals surface area contributed by atoms with Crippen LogP contribution in [0.15, 0.2) is 0 Å². The second-order valence-electron chi connectivity index (χ2n) is 3.63. The largest absolute Gasteiger partial charge is 0.480 e. The average Bonchev–Trinajstić information content (AvgIpc) is 2.35. The number of nitrogens with one attached hydrogen (secondary N) is 1. The van der Waals surface area contributed by atoms with Crippen molar-refractivity contribution in [3.63, 3.8) is 0 Å². The van der Waals surface area contributed by atoms with Crippen LogP contribution in [-0.2, 0) is 4.79 Å². The molecule has 2 N–H and O–H groups in total. The van der Waals surface area contributed by atoms with Crippen molar-refractivity contribution in [1.82, 2.24) is 10.2 Å². The molecular weight excluding hydrogens is 156 g/mol. The quantitative estimate of drug-likeness (QED) is 0.587. The Hall–Kier alpha value is -0.610. The lowest BCUT2D eigenvalue weighted by Gasteiger charge is -2.45. The highest BCUT2D eigenvalue weighted by atomic mass is 16.4. The van der Waals surface area contributed by atoms with E-state index in [1.807, 2.05) is 0 Å². The maximum absolute atomic E-state index is 11.0. The van der Waals surface area contributed by atoms with E-state index < -0.39 is 11.5 Å². The van der Waals surface area contributed by atoms with Gasteiger partial charge in [0.05, 0.1) is 0 Å². The van der Waals surface area contributed by atoms with Crippen molar-refractivity contribution in [2.45, 2.75) is 18.4 Å². The summed E-state index contributed by atoms with van der Waals surface area (Å²) < 4.78 is 0. The smallest absolute Gasteiger partial charge is 0.326 e. The van der Waals surface area contributed by atoms with E-state index in [0.717, 1.165) is 25.9 Å². The van der Waals surface area contributed by atoms with Crippen LogP contribution in [0.1, 0.15) is 12.8 Å². The number of rotatable bonds is 2. The monoisotopic (exact) mass is 170 g/mol. The minimum absolute atomic E-state index is 0.559. The molecule has 0 saturated carbocycles. The summed E-state index contributed by atoms with van der Waals surface area (Å²) in [7, 11) is 0. The molecule has 0 atom stereocenters. The summed E-state index contributed by atoms with van der Waals surface area (Å²) in [5, 5.41) is 12.1. The summed E-state index contributed by atoms with van der Waals surface area (Å²) in [6.07, 6.45) is 2.30. The number of likely N-dealkylation sites (tertiary alicyclic amines) is 1. The summed E-state index contributed by atoms with van der Waals surface area (Å²) >= 11 is 0. The second kappa shape index (κ2) is 2.71. The van der Waals surface area contributed by atoms with E-state index >= 15 is 0 Å². The van der Waals surface area contributed by atoms with Gasteiger partial charge in [0.15, 0.2) is 0 Å². The Morgan fingerprint density at radius 2 is 1.92 bits per heavy atom. The highest BCUT2D eigenvalue weighted by Gasteiger charge is 2.50. The van der Waals surface area contributed by atoms with Gasteiger partial charge in [-0.3, -0.25) is 9.69 Å². The Kier molecular flexibility index (Phi) is 1.81. The zero-order chi connectivity index (χ0) is 8.60. The Morgan fingerprint density at radius 1 is 1.33 bits per heavy atom. The van der Waals surface area contributed by atoms with E-state index in [9.17, 15) is 4.79 Å². The van der Waals surface area contributed by atoms with Crippen LogP contribution in [0.25, 0.3) is 0 Å². The molecule has 0 unspecified atom stereocenters.